The van der Waals surface area contributed by atoms with Gasteiger partial charge in [-0.1, -0.05) is 6.07 Å². The topological polar surface area (TPSA) is 116 Å². The number of benzene rings is 2. The van der Waals surface area contributed by atoms with E-state index in [0.717, 1.165) is 16.9 Å². The van der Waals surface area contributed by atoms with Crippen LogP contribution in [0.5, 0.6) is 0 Å². The standard InChI is InChI=1S/C15H10F2N6O2/c16-10-2-1-3-11(17)12(10)15(25)19-8-4-6-9(7-5-8)23-21-14(13(18)24)20-22-23/h1-7H,(H2,18,24)(H,19,25). The number of primary amides is 1. The van der Waals surface area contributed by atoms with Gasteiger partial charge in [0.05, 0.1) is 5.69 Å². The van der Waals surface area contributed by atoms with Crippen LogP contribution in [0.25, 0.3) is 5.69 Å². The van der Waals surface area contributed by atoms with Gasteiger partial charge < -0.3 is 11.1 Å². The molecule has 3 aromatic rings. The fraction of sp³-hybridized carbons (Fsp3) is 0. The van der Waals surface area contributed by atoms with Gasteiger partial charge >= 0.3 is 0 Å². The van der Waals surface area contributed by atoms with E-state index < -0.39 is 29.0 Å². The first-order valence-corrected chi connectivity index (χ1v) is 6.91. The van der Waals surface area contributed by atoms with Gasteiger partial charge in [0, 0.05) is 5.69 Å². The molecule has 0 aliphatic heterocycles. The lowest BCUT2D eigenvalue weighted by Crippen LogP contribution is -2.16. The van der Waals surface area contributed by atoms with Gasteiger partial charge in [0.2, 0.25) is 0 Å². The Labute approximate surface area is 139 Å². The third-order valence-electron chi connectivity index (χ3n) is 3.18. The van der Waals surface area contributed by atoms with Crippen LogP contribution in [0.3, 0.4) is 0 Å². The molecule has 0 fully saturated rings. The lowest BCUT2D eigenvalue weighted by molar-refractivity contribution is 0.0987. The zero-order valence-corrected chi connectivity index (χ0v) is 12.5. The maximum atomic E-state index is 13.6. The fourth-order valence-corrected chi connectivity index (χ4v) is 2.01. The quantitative estimate of drug-likeness (QED) is 0.740. The number of nitrogens with two attached hydrogens (primary N) is 1. The maximum absolute atomic E-state index is 13.6. The SMILES string of the molecule is NC(=O)c1nnn(-c2ccc(NC(=O)c3c(F)cccc3F)cc2)n1. The van der Waals surface area contributed by atoms with Crippen molar-refractivity contribution in [1.29, 1.82) is 0 Å². The van der Waals surface area contributed by atoms with E-state index in [9.17, 15) is 18.4 Å². The molecule has 0 radical (unpaired) electrons. The van der Waals surface area contributed by atoms with Crippen LogP contribution in [0.15, 0.2) is 42.5 Å². The smallest absolute Gasteiger partial charge is 0.290 e. The Kier molecular flexibility index (Phi) is 4.16. The van der Waals surface area contributed by atoms with E-state index in [0.29, 0.717) is 11.4 Å². The molecular formula is C15H10F2N6O2. The molecule has 8 nitrogen and oxygen atoms in total. The van der Waals surface area contributed by atoms with Crippen LogP contribution in [0.1, 0.15) is 21.0 Å². The molecule has 1 heterocycles. The molecule has 1 aromatic heterocycles. The first-order chi connectivity index (χ1) is 12.0. The van der Waals surface area contributed by atoms with Gasteiger partial charge in [-0.05, 0) is 41.6 Å². The minimum atomic E-state index is -0.958. The molecule has 3 rings (SSSR count). The van der Waals surface area contributed by atoms with Crippen molar-refractivity contribution < 1.29 is 18.4 Å². The summed E-state index contributed by atoms with van der Waals surface area (Å²) in [6.45, 7) is 0. The Morgan fingerprint density at radius 1 is 1.04 bits per heavy atom. The first kappa shape index (κ1) is 16.2. The highest BCUT2D eigenvalue weighted by Gasteiger charge is 2.17. The Morgan fingerprint density at radius 2 is 1.68 bits per heavy atom. The Bertz CT molecular complexity index is 935. The Hall–Kier alpha value is -3.69. The minimum absolute atomic E-state index is 0.243. The van der Waals surface area contributed by atoms with Crippen LogP contribution in [0.2, 0.25) is 0 Å². The van der Waals surface area contributed by atoms with Gasteiger partial charge in [-0.2, -0.15) is 0 Å². The van der Waals surface area contributed by atoms with Gasteiger partial charge in [0.1, 0.15) is 17.2 Å². The van der Waals surface area contributed by atoms with E-state index >= 15 is 0 Å². The number of nitrogens with zero attached hydrogens (tertiary/aromatic N) is 4. The monoisotopic (exact) mass is 344 g/mol. The highest BCUT2D eigenvalue weighted by atomic mass is 19.1. The van der Waals surface area contributed by atoms with E-state index in [1.807, 2.05) is 0 Å². The lowest BCUT2D eigenvalue weighted by atomic mass is 10.1. The van der Waals surface area contributed by atoms with Crippen molar-refractivity contribution in [2.24, 2.45) is 5.73 Å². The molecule has 0 atom stereocenters. The summed E-state index contributed by atoms with van der Waals surface area (Å²) in [5.74, 6) is -3.90. The number of carbonyl (C=O) groups is 2. The van der Waals surface area contributed by atoms with Crippen molar-refractivity contribution in [2.45, 2.75) is 0 Å². The molecule has 0 saturated heterocycles. The van der Waals surface area contributed by atoms with E-state index in [4.69, 9.17) is 5.73 Å². The highest BCUT2D eigenvalue weighted by Crippen LogP contribution is 2.16. The van der Waals surface area contributed by atoms with Crippen molar-refractivity contribution in [3.05, 3.63) is 65.5 Å². The second kappa shape index (κ2) is 6.43. The zero-order valence-electron chi connectivity index (χ0n) is 12.5. The number of carbonyl (C=O) groups excluding carboxylic acids is 2. The Morgan fingerprint density at radius 3 is 2.24 bits per heavy atom. The number of anilines is 1. The molecule has 0 aliphatic carbocycles. The molecule has 0 aliphatic rings. The van der Waals surface area contributed by atoms with Gasteiger partial charge in [-0.3, -0.25) is 9.59 Å². The van der Waals surface area contributed by atoms with Crippen molar-refractivity contribution in [3.8, 4) is 5.69 Å². The number of tetrazole rings is 1. The van der Waals surface area contributed by atoms with Gasteiger partial charge in [-0.25, -0.2) is 8.78 Å². The summed E-state index contributed by atoms with van der Waals surface area (Å²) in [6, 6.07) is 9.13. The van der Waals surface area contributed by atoms with Crippen LogP contribution in [0, 0.1) is 11.6 Å². The molecule has 25 heavy (non-hydrogen) atoms. The van der Waals surface area contributed by atoms with E-state index in [1.165, 1.54) is 30.3 Å². The van der Waals surface area contributed by atoms with Crippen molar-refractivity contribution >= 4 is 17.5 Å². The number of amides is 2. The highest BCUT2D eigenvalue weighted by molar-refractivity contribution is 6.04. The Balaban J connectivity index is 1.78. The minimum Gasteiger partial charge on any atom is -0.363 e. The summed E-state index contributed by atoms with van der Waals surface area (Å²) in [7, 11) is 0. The van der Waals surface area contributed by atoms with E-state index in [-0.39, 0.29) is 5.82 Å². The number of rotatable bonds is 4. The molecule has 0 bridgehead atoms. The summed E-state index contributed by atoms with van der Waals surface area (Å²) in [4.78, 5) is 24.0. The van der Waals surface area contributed by atoms with Gasteiger partial charge in [0.15, 0.2) is 0 Å². The van der Waals surface area contributed by atoms with Crippen LogP contribution in [-0.2, 0) is 0 Å². The van der Waals surface area contributed by atoms with Crippen molar-refractivity contribution in [3.63, 3.8) is 0 Å². The predicted molar refractivity (Wildman–Crippen MR) is 82.0 cm³/mol. The molecule has 3 N–H and O–H groups in total. The van der Waals surface area contributed by atoms with Crippen LogP contribution < -0.4 is 11.1 Å². The number of aromatic nitrogens is 4. The third kappa shape index (κ3) is 3.32. The van der Waals surface area contributed by atoms with Crippen LogP contribution >= 0.6 is 0 Å². The maximum Gasteiger partial charge on any atom is 0.290 e. The first-order valence-electron chi connectivity index (χ1n) is 6.91. The van der Waals surface area contributed by atoms with E-state index in [1.54, 1.807) is 0 Å². The second-order valence-electron chi connectivity index (χ2n) is 4.86. The second-order valence-corrected chi connectivity index (χ2v) is 4.86. The largest absolute Gasteiger partial charge is 0.363 e. The summed E-state index contributed by atoms with van der Waals surface area (Å²) in [5, 5.41) is 13.3. The summed E-state index contributed by atoms with van der Waals surface area (Å²) >= 11 is 0. The molecule has 10 heteroatoms. The average molecular weight is 344 g/mol. The van der Waals surface area contributed by atoms with Crippen LogP contribution in [0.4, 0.5) is 14.5 Å². The van der Waals surface area contributed by atoms with Crippen molar-refractivity contribution in [1.82, 2.24) is 20.2 Å². The van der Waals surface area contributed by atoms with Crippen LogP contribution in [-0.4, -0.2) is 32.0 Å². The molecule has 126 valence electrons. The molecule has 0 spiro atoms. The molecule has 0 unspecified atom stereocenters. The summed E-state index contributed by atoms with van der Waals surface area (Å²) in [5.41, 5.74) is 5.10. The fourth-order valence-electron chi connectivity index (χ4n) is 2.01. The summed E-state index contributed by atoms with van der Waals surface area (Å²) in [6.07, 6.45) is 0. The lowest BCUT2D eigenvalue weighted by Gasteiger charge is -2.07. The zero-order chi connectivity index (χ0) is 18.0. The number of hydrogen-bond donors (Lipinski definition) is 2. The number of hydrogen-bond acceptors (Lipinski definition) is 5. The number of nitrogens with one attached hydrogen (secondary N) is 1. The van der Waals surface area contributed by atoms with Gasteiger partial charge in [0.25, 0.3) is 17.6 Å². The normalized spacial score (nSPS) is 10.5. The summed E-state index contributed by atoms with van der Waals surface area (Å²) < 4.78 is 27.2. The third-order valence-corrected chi connectivity index (χ3v) is 3.18. The molecule has 2 aromatic carbocycles. The van der Waals surface area contributed by atoms with E-state index in [2.05, 4.69) is 20.7 Å². The molecular weight excluding hydrogens is 334 g/mol. The molecule has 0 saturated carbocycles. The van der Waals surface area contributed by atoms with Gasteiger partial charge in [-0.15, -0.1) is 15.0 Å². The number of halogens is 2. The predicted octanol–water partition coefficient (Wildman–Crippen LogP) is 1.29. The average Bonchev–Trinajstić information content (AvgIpc) is 3.05. The van der Waals surface area contributed by atoms with Crippen molar-refractivity contribution in [2.75, 3.05) is 5.32 Å². The molecule has 2 amide bonds.